The third kappa shape index (κ3) is 3.79. The number of benzene rings is 2. The van der Waals surface area contributed by atoms with Gasteiger partial charge in [0.25, 0.3) is 5.56 Å². The van der Waals surface area contributed by atoms with Gasteiger partial charge in [-0.05, 0) is 31.2 Å². The number of ether oxygens (including phenoxy) is 1. The van der Waals surface area contributed by atoms with Crippen molar-refractivity contribution < 1.29 is 19.0 Å². The van der Waals surface area contributed by atoms with Crippen LogP contribution in [0, 0.1) is 5.82 Å². The fourth-order valence-electron chi connectivity index (χ4n) is 3.29. The Balaban J connectivity index is 1.83. The minimum Gasteiger partial charge on any atom is -0.486 e. The van der Waals surface area contributed by atoms with Crippen molar-refractivity contribution in [2.24, 2.45) is 0 Å². The summed E-state index contributed by atoms with van der Waals surface area (Å²) in [5.41, 5.74) is -2.03. The lowest BCUT2D eigenvalue weighted by atomic mass is 10.1. The summed E-state index contributed by atoms with van der Waals surface area (Å²) in [6.45, 7) is 1.69. The van der Waals surface area contributed by atoms with Gasteiger partial charge in [-0.25, -0.2) is 18.5 Å². The van der Waals surface area contributed by atoms with Crippen LogP contribution in [0.4, 0.5) is 4.39 Å². The van der Waals surface area contributed by atoms with Crippen LogP contribution in [0.3, 0.4) is 0 Å². The molecule has 2 aromatic heterocycles. The molecule has 2 aromatic carbocycles. The van der Waals surface area contributed by atoms with E-state index >= 15 is 0 Å². The minimum absolute atomic E-state index is 0.0865. The summed E-state index contributed by atoms with van der Waals surface area (Å²) in [7, 11) is 0. The normalized spacial score (nSPS) is 12.1. The standard InChI is InChI=1S/C21H13Cl2FN2O5S/c1-9(16-12(22)3-2-4-13(16)23)31-10-5-6-14(24)15(7-10)26-19(27)17-11(20(28)29)8-32-18(17)25-21(26)30/h2-9H,1H3,(H,25,30)(H,28,29). The summed E-state index contributed by atoms with van der Waals surface area (Å²) in [6, 6.07) is 8.51. The van der Waals surface area contributed by atoms with Crippen LogP contribution in [0.1, 0.15) is 28.9 Å². The Kier molecular flexibility index (Phi) is 5.81. The number of aromatic amines is 1. The number of carboxylic acid groups (broad SMARTS) is 1. The van der Waals surface area contributed by atoms with Gasteiger partial charge in [0.2, 0.25) is 0 Å². The molecule has 0 aliphatic carbocycles. The first-order valence-electron chi connectivity index (χ1n) is 9.09. The Morgan fingerprint density at radius 2 is 1.91 bits per heavy atom. The molecule has 4 aromatic rings. The summed E-state index contributed by atoms with van der Waals surface area (Å²) in [6.07, 6.45) is -0.637. The van der Waals surface area contributed by atoms with E-state index < -0.39 is 34.8 Å². The smallest absolute Gasteiger partial charge is 0.337 e. The average molecular weight is 495 g/mol. The molecule has 1 atom stereocenters. The molecule has 0 aliphatic rings. The fraction of sp³-hybridized carbons (Fsp3) is 0.0952. The van der Waals surface area contributed by atoms with E-state index in [1.54, 1.807) is 25.1 Å². The van der Waals surface area contributed by atoms with Crippen LogP contribution in [-0.4, -0.2) is 20.6 Å². The highest BCUT2D eigenvalue weighted by molar-refractivity contribution is 7.17. The average Bonchev–Trinajstić information content (AvgIpc) is 3.14. The van der Waals surface area contributed by atoms with Gasteiger partial charge in [0, 0.05) is 27.1 Å². The molecular weight excluding hydrogens is 482 g/mol. The van der Waals surface area contributed by atoms with Crippen LogP contribution in [0.15, 0.2) is 51.4 Å². The summed E-state index contributed by atoms with van der Waals surface area (Å²) in [5.74, 6) is -2.07. The topological polar surface area (TPSA) is 101 Å². The molecule has 1 unspecified atom stereocenters. The number of nitrogens with zero attached hydrogens (tertiary/aromatic N) is 1. The quantitative estimate of drug-likeness (QED) is 0.405. The Hall–Kier alpha value is -3.14. The van der Waals surface area contributed by atoms with E-state index in [2.05, 4.69) is 4.98 Å². The molecule has 0 aliphatic heterocycles. The minimum atomic E-state index is -1.34. The van der Waals surface area contributed by atoms with Gasteiger partial charge in [-0.3, -0.25) is 9.78 Å². The van der Waals surface area contributed by atoms with Gasteiger partial charge < -0.3 is 9.84 Å². The van der Waals surface area contributed by atoms with E-state index in [4.69, 9.17) is 27.9 Å². The van der Waals surface area contributed by atoms with Crippen molar-refractivity contribution in [1.82, 2.24) is 9.55 Å². The first-order chi connectivity index (χ1) is 15.2. The number of H-pyrrole nitrogens is 1. The second-order valence-corrected chi connectivity index (χ2v) is 8.43. The molecule has 0 spiro atoms. The molecule has 0 amide bonds. The highest BCUT2D eigenvalue weighted by Crippen LogP contribution is 2.33. The van der Waals surface area contributed by atoms with Crippen LogP contribution in [0.25, 0.3) is 15.9 Å². The van der Waals surface area contributed by atoms with E-state index in [9.17, 15) is 23.9 Å². The molecule has 2 N–H and O–H groups in total. The highest BCUT2D eigenvalue weighted by Gasteiger charge is 2.21. The molecule has 0 saturated carbocycles. The molecule has 164 valence electrons. The fourth-order valence-corrected chi connectivity index (χ4v) is 4.92. The molecule has 0 fully saturated rings. The number of nitrogens with one attached hydrogen (secondary N) is 1. The van der Waals surface area contributed by atoms with Crippen LogP contribution in [0.5, 0.6) is 5.75 Å². The summed E-state index contributed by atoms with van der Waals surface area (Å²) in [5, 5.41) is 11.1. The van der Waals surface area contributed by atoms with Gasteiger partial charge in [0.15, 0.2) is 0 Å². The number of carboxylic acids is 1. The van der Waals surface area contributed by atoms with E-state index in [-0.39, 0.29) is 21.5 Å². The maximum atomic E-state index is 14.7. The number of aromatic nitrogens is 2. The first kappa shape index (κ1) is 22.1. The third-order valence-electron chi connectivity index (χ3n) is 4.74. The number of fused-ring (bicyclic) bond motifs is 1. The third-order valence-corrected chi connectivity index (χ3v) is 6.29. The highest BCUT2D eigenvalue weighted by atomic mass is 35.5. The molecule has 2 heterocycles. The molecule has 0 radical (unpaired) electrons. The van der Waals surface area contributed by atoms with Gasteiger partial charge >= 0.3 is 11.7 Å². The van der Waals surface area contributed by atoms with Gasteiger partial charge in [-0.15, -0.1) is 11.3 Å². The van der Waals surface area contributed by atoms with Gasteiger partial charge in [-0.1, -0.05) is 29.3 Å². The monoisotopic (exact) mass is 494 g/mol. The first-order valence-corrected chi connectivity index (χ1v) is 10.7. The summed E-state index contributed by atoms with van der Waals surface area (Å²) < 4.78 is 21.0. The number of carbonyl (C=O) groups is 1. The lowest BCUT2D eigenvalue weighted by Crippen LogP contribution is -2.34. The van der Waals surface area contributed by atoms with Crippen LogP contribution < -0.4 is 16.0 Å². The second kappa shape index (κ2) is 8.42. The number of halogens is 3. The Morgan fingerprint density at radius 1 is 1.22 bits per heavy atom. The zero-order valence-corrected chi connectivity index (χ0v) is 18.5. The number of thiophene rings is 1. The van der Waals surface area contributed by atoms with Crippen molar-refractivity contribution in [3.8, 4) is 11.4 Å². The number of hydrogen-bond acceptors (Lipinski definition) is 5. The molecule has 7 nitrogen and oxygen atoms in total. The predicted octanol–water partition coefficient (Wildman–Crippen LogP) is 5.02. The summed E-state index contributed by atoms with van der Waals surface area (Å²) in [4.78, 5) is 39.5. The number of aromatic carboxylic acids is 1. The van der Waals surface area contributed by atoms with Gasteiger partial charge in [-0.2, -0.15) is 0 Å². The van der Waals surface area contributed by atoms with Crippen molar-refractivity contribution in [3.05, 3.63) is 89.6 Å². The lowest BCUT2D eigenvalue weighted by molar-refractivity contribution is 0.0699. The summed E-state index contributed by atoms with van der Waals surface area (Å²) >= 11 is 13.3. The second-order valence-electron chi connectivity index (χ2n) is 6.74. The van der Waals surface area contributed by atoms with Crippen molar-refractivity contribution in [2.45, 2.75) is 13.0 Å². The molecule has 11 heteroatoms. The maximum absolute atomic E-state index is 14.7. The van der Waals surface area contributed by atoms with Crippen LogP contribution >= 0.6 is 34.5 Å². The van der Waals surface area contributed by atoms with Crippen molar-refractivity contribution in [3.63, 3.8) is 0 Å². The van der Waals surface area contributed by atoms with Crippen molar-refractivity contribution in [1.29, 1.82) is 0 Å². The SMILES string of the molecule is CC(Oc1ccc(F)c(-n2c(=O)[nH]c3scc(C(=O)O)c3c2=O)c1)c1c(Cl)cccc1Cl. The number of rotatable bonds is 5. The zero-order valence-electron chi connectivity index (χ0n) is 16.2. The maximum Gasteiger partial charge on any atom is 0.337 e. The van der Waals surface area contributed by atoms with E-state index in [1.165, 1.54) is 17.5 Å². The van der Waals surface area contributed by atoms with Crippen molar-refractivity contribution >= 4 is 50.7 Å². The molecular formula is C21H13Cl2FN2O5S. The molecule has 4 rings (SSSR count). The Bertz CT molecular complexity index is 1470. The van der Waals surface area contributed by atoms with Gasteiger partial charge in [0.05, 0.1) is 16.6 Å². The molecule has 0 saturated heterocycles. The molecule has 0 bridgehead atoms. The lowest BCUT2D eigenvalue weighted by Gasteiger charge is -2.18. The van der Waals surface area contributed by atoms with E-state index in [0.29, 0.717) is 20.2 Å². The zero-order chi connectivity index (χ0) is 23.2. The van der Waals surface area contributed by atoms with Crippen molar-refractivity contribution in [2.75, 3.05) is 0 Å². The van der Waals surface area contributed by atoms with E-state index in [0.717, 1.165) is 17.4 Å². The Labute approximate surface area is 193 Å². The Morgan fingerprint density at radius 3 is 2.56 bits per heavy atom. The van der Waals surface area contributed by atoms with Crippen LogP contribution in [-0.2, 0) is 0 Å². The van der Waals surface area contributed by atoms with Gasteiger partial charge in [0.1, 0.15) is 22.5 Å². The number of hydrogen-bond donors (Lipinski definition) is 2. The predicted molar refractivity (Wildman–Crippen MR) is 120 cm³/mol. The molecule has 32 heavy (non-hydrogen) atoms. The van der Waals surface area contributed by atoms with Crippen LogP contribution in [0.2, 0.25) is 10.0 Å². The largest absolute Gasteiger partial charge is 0.486 e. The van der Waals surface area contributed by atoms with E-state index in [1.807, 2.05) is 0 Å².